The molecule has 4 nitrogen and oxygen atoms in total. The number of rotatable bonds is 2. The van der Waals surface area contributed by atoms with Crippen LogP contribution in [0.4, 0.5) is 0 Å². The van der Waals surface area contributed by atoms with Gasteiger partial charge >= 0.3 is 0 Å². The molecule has 0 spiro atoms. The quantitative estimate of drug-likeness (QED) is 0.837. The van der Waals surface area contributed by atoms with Gasteiger partial charge in [0.2, 0.25) is 11.8 Å². The third-order valence-corrected chi connectivity index (χ3v) is 3.32. The molecule has 0 radical (unpaired) electrons. The molecule has 0 bridgehead atoms. The van der Waals surface area contributed by atoms with Gasteiger partial charge in [-0.2, -0.15) is 0 Å². The van der Waals surface area contributed by atoms with Crippen LogP contribution in [0, 0.1) is 0 Å². The van der Waals surface area contributed by atoms with Gasteiger partial charge in [0.25, 0.3) is 0 Å². The molecule has 1 aromatic rings. The van der Waals surface area contributed by atoms with Crippen LogP contribution in [0.15, 0.2) is 30.3 Å². The molecule has 0 saturated carbocycles. The largest absolute Gasteiger partial charge is 0.353 e. The molecule has 19 heavy (non-hydrogen) atoms. The van der Waals surface area contributed by atoms with Crippen LogP contribution in [0.3, 0.4) is 0 Å². The topological polar surface area (TPSA) is 49.4 Å². The molecule has 2 amide bonds. The number of amides is 2. The van der Waals surface area contributed by atoms with Crippen molar-refractivity contribution in [2.45, 2.75) is 13.0 Å². The van der Waals surface area contributed by atoms with Crippen molar-refractivity contribution in [2.75, 3.05) is 13.1 Å². The summed E-state index contributed by atoms with van der Waals surface area (Å²) in [6, 6.07) is 6.78. The summed E-state index contributed by atoms with van der Waals surface area (Å²) >= 11 is 5.79. The van der Waals surface area contributed by atoms with Crippen molar-refractivity contribution >= 4 is 29.5 Å². The highest BCUT2D eigenvalue weighted by Gasteiger charge is 2.27. The van der Waals surface area contributed by atoms with Gasteiger partial charge in [0, 0.05) is 24.2 Å². The van der Waals surface area contributed by atoms with Gasteiger partial charge in [0.05, 0.1) is 0 Å². The van der Waals surface area contributed by atoms with Crippen LogP contribution in [-0.2, 0) is 9.59 Å². The third-order valence-electron chi connectivity index (χ3n) is 3.07. The molecule has 100 valence electrons. The second kappa shape index (κ2) is 5.89. The minimum atomic E-state index is -0.420. The summed E-state index contributed by atoms with van der Waals surface area (Å²) in [4.78, 5) is 25.1. The van der Waals surface area contributed by atoms with Gasteiger partial charge in [0.1, 0.15) is 6.04 Å². The van der Waals surface area contributed by atoms with Crippen LogP contribution in [0.25, 0.3) is 6.08 Å². The number of benzene rings is 1. The summed E-state index contributed by atoms with van der Waals surface area (Å²) in [5.74, 6) is -0.267. The van der Waals surface area contributed by atoms with Crippen LogP contribution in [0.1, 0.15) is 12.5 Å². The van der Waals surface area contributed by atoms with Gasteiger partial charge < -0.3 is 10.2 Å². The molecule has 1 unspecified atom stereocenters. The first-order valence-electron chi connectivity index (χ1n) is 6.10. The van der Waals surface area contributed by atoms with Gasteiger partial charge in [-0.15, -0.1) is 0 Å². The van der Waals surface area contributed by atoms with E-state index in [9.17, 15) is 9.59 Å². The fraction of sp³-hybridized carbons (Fsp3) is 0.286. The van der Waals surface area contributed by atoms with Crippen LogP contribution in [0.2, 0.25) is 5.02 Å². The molecule has 5 heteroatoms. The molecular formula is C14H15ClN2O2. The molecule has 1 fully saturated rings. The van der Waals surface area contributed by atoms with E-state index in [1.807, 2.05) is 12.1 Å². The summed E-state index contributed by atoms with van der Waals surface area (Å²) in [7, 11) is 0. The SMILES string of the molecule is CC1C(=O)NCCN1C(=O)C=Cc1ccc(Cl)cc1. The lowest BCUT2D eigenvalue weighted by molar-refractivity contribution is -0.139. The lowest BCUT2D eigenvalue weighted by Gasteiger charge is -2.31. The van der Waals surface area contributed by atoms with E-state index in [0.29, 0.717) is 18.1 Å². The van der Waals surface area contributed by atoms with Crippen LogP contribution < -0.4 is 5.32 Å². The van der Waals surface area contributed by atoms with Crippen molar-refractivity contribution in [1.82, 2.24) is 10.2 Å². The molecule has 1 aromatic carbocycles. The zero-order valence-corrected chi connectivity index (χ0v) is 11.4. The van der Waals surface area contributed by atoms with E-state index in [4.69, 9.17) is 11.6 Å². The lowest BCUT2D eigenvalue weighted by atomic mass is 10.1. The maximum Gasteiger partial charge on any atom is 0.247 e. The Hall–Kier alpha value is -1.81. The van der Waals surface area contributed by atoms with E-state index in [2.05, 4.69) is 5.32 Å². The Kier molecular flexibility index (Phi) is 4.22. The number of carbonyl (C=O) groups excluding carboxylic acids is 2. The first kappa shape index (κ1) is 13.6. The highest BCUT2D eigenvalue weighted by Crippen LogP contribution is 2.11. The number of piperazine rings is 1. The van der Waals surface area contributed by atoms with Gasteiger partial charge in [-0.25, -0.2) is 0 Å². The smallest absolute Gasteiger partial charge is 0.247 e. The van der Waals surface area contributed by atoms with Crippen LogP contribution in [-0.4, -0.2) is 35.8 Å². The van der Waals surface area contributed by atoms with Gasteiger partial charge in [-0.05, 0) is 30.7 Å². The van der Waals surface area contributed by atoms with Crippen molar-refractivity contribution in [3.05, 3.63) is 40.9 Å². The Morgan fingerprint density at radius 1 is 1.42 bits per heavy atom. The minimum absolute atomic E-state index is 0.112. The molecule has 1 aliphatic rings. The number of nitrogens with one attached hydrogen (secondary N) is 1. The Morgan fingerprint density at radius 2 is 2.11 bits per heavy atom. The van der Waals surface area contributed by atoms with Crippen molar-refractivity contribution in [1.29, 1.82) is 0 Å². The Balaban J connectivity index is 2.04. The molecule has 1 N–H and O–H groups in total. The van der Waals surface area contributed by atoms with Crippen molar-refractivity contribution in [3.63, 3.8) is 0 Å². The van der Waals surface area contributed by atoms with Crippen molar-refractivity contribution < 1.29 is 9.59 Å². The lowest BCUT2D eigenvalue weighted by Crippen LogP contribution is -2.55. The average Bonchev–Trinajstić information content (AvgIpc) is 2.41. The monoisotopic (exact) mass is 278 g/mol. The fourth-order valence-corrected chi connectivity index (χ4v) is 2.05. The van der Waals surface area contributed by atoms with Crippen LogP contribution >= 0.6 is 11.6 Å². The third kappa shape index (κ3) is 3.35. The molecule has 0 aromatic heterocycles. The van der Waals surface area contributed by atoms with E-state index in [1.54, 1.807) is 30.0 Å². The number of halogens is 1. The first-order valence-corrected chi connectivity index (χ1v) is 6.47. The minimum Gasteiger partial charge on any atom is -0.353 e. The predicted molar refractivity (Wildman–Crippen MR) is 74.7 cm³/mol. The normalized spacial score (nSPS) is 19.6. The zero-order chi connectivity index (χ0) is 13.8. The molecular weight excluding hydrogens is 264 g/mol. The highest BCUT2D eigenvalue weighted by molar-refractivity contribution is 6.30. The summed E-state index contributed by atoms with van der Waals surface area (Å²) in [5, 5.41) is 3.38. The second-order valence-corrected chi connectivity index (χ2v) is 4.82. The maximum absolute atomic E-state index is 12.0. The Morgan fingerprint density at radius 3 is 2.79 bits per heavy atom. The molecule has 0 aliphatic carbocycles. The molecule has 1 heterocycles. The summed E-state index contributed by atoms with van der Waals surface area (Å²) in [6.07, 6.45) is 3.20. The van der Waals surface area contributed by atoms with Gasteiger partial charge in [-0.1, -0.05) is 23.7 Å². The van der Waals surface area contributed by atoms with Crippen molar-refractivity contribution in [3.8, 4) is 0 Å². The predicted octanol–water partition coefficient (Wildman–Crippen LogP) is 1.70. The maximum atomic E-state index is 12.0. The molecule has 1 atom stereocenters. The summed E-state index contributed by atoms with van der Waals surface area (Å²) in [6.45, 7) is 2.77. The van der Waals surface area contributed by atoms with Gasteiger partial charge in [-0.3, -0.25) is 9.59 Å². The number of hydrogen-bond acceptors (Lipinski definition) is 2. The van der Waals surface area contributed by atoms with E-state index in [-0.39, 0.29) is 11.8 Å². The number of nitrogens with zero attached hydrogens (tertiary/aromatic N) is 1. The Bertz CT molecular complexity index is 511. The average molecular weight is 279 g/mol. The molecule has 1 aliphatic heterocycles. The first-order chi connectivity index (χ1) is 9.08. The van der Waals surface area contributed by atoms with E-state index < -0.39 is 6.04 Å². The highest BCUT2D eigenvalue weighted by atomic mass is 35.5. The Labute approximate surface area is 117 Å². The van der Waals surface area contributed by atoms with Gasteiger partial charge in [0.15, 0.2) is 0 Å². The summed E-state index contributed by atoms with van der Waals surface area (Å²) in [5.41, 5.74) is 0.895. The summed E-state index contributed by atoms with van der Waals surface area (Å²) < 4.78 is 0. The van der Waals surface area contributed by atoms with E-state index >= 15 is 0 Å². The second-order valence-electron chi connectivity index (χ2n) is 4.38. The fourth-order valence-electron chi connectivity index (χ4n) is 1.92. The standard InChI is InChI=1S/C14H15ClN2O2/c1-10-14(19)16-8-9-17(10)13(18)7-4-11-2-5-12(15)6-3-11/h2-7,10H,8-9H2,1H3,(H,16,19). The molecule has 2 rings (SSSR count). The zero-order valence-electron chi connectivity index (χ0n) is 10.6. The van der Waals surface area contributed by atoms with E-state index in [1.165, 1.54) is 6.08 Å². The molecule has 1 saturated heterocycles. The number of hydrogen-bond donors (Lipinski definition) is 1. The number of carbonyl (C=O) groups is 2. The van der Waals surface area contributed by atoms with E-state index in [0.717, 1.165) is 5.56 Å². The van der Waals surface area contributed by atoms with Crippen molar-refractivity contribution in [2.24, 2.45) is 0 Å². The van der Waals surface area contributed by atoms with Crippen LogP contribution in [0.5, 0.6) is 0 Å².